The molecule has 3 fully saturated rings. The second kappa shape index (κ2) is 18.0. The molecule has 0 aliphatic carbocycles. The third kappa shape index (κ3) is 9.12. The van der Waals surface area contributed by atoms with Crippen molar-refractivity contribution in [2.24, 2.45) is 5.92 Å². The summed E-state index contributed by atoms with van der Waals surface area (Å²) in [6.07, 6.45) is 5.61. The van der Waals surface area contributed by atoms with Crippen molar-refractivity contribution in [3.05, 3.63) is 71.5 Å². The molecule has 4 amide bonds. The summed E-state index contributed by atoms with van der Waals surface area (Å²) in [4.78, 5) is 69.3. The van der Waals surface area contributed by atoms with E-state index in [2.05, 4.69) is 63.7 Å². The van der Waals surface area contributed by atoms with E-state index in [0.29, 0.717) is 49.3 Å². The summed E-state index contributed by atoms with van der Waals surface area (Å²) >= 11 is 0. The van der Waals surface area contributed by atoms with E-state index in [1.54, 1.807) is 35.4 Å². The number of aliphatic hydroxyl groups excluding tert-OH is 1. The zero-order valence-electron chi connectivity index (χ0n) is 36.6. The predicted octanol–water partition coefficient (Wildman–Crippen LogP) is 5.50. The van der Waals surface area contributed by atoms with Gasteiger partial charge in [0.15, 0.2) is 15.5 Å². The van der Waals surface area contributed by atoms with Gasteiger partial charge in [0.25, 0.3) is 11.8 Å². The van der Waals surface area contributed by atoms with Crippen LogP contribution in [-0.2, 0) is 19.4 Å². The molecule has 8 rings (SSSR count). The van der Waals surface area contributed by atoms with E-state index >= 15 is 0 Å². The molecule has 5 atom stereocenters. The quantitative estimate of drug-likeness (QED) is 0.0810. The molecule has 16 nitrogen and oxygen atoms in total. The lowest BCUT2D eigenvalue weighted by molar-refractivity contribution is -0.136. The SMILES string of the molecule is CC(C)c1ccc(N2C[C@H](CS(=O)(=O)CCCCCCNc3cccc4c3C(=O)N(C3CCC(=O)NC3=O)C4=O)[C@H]2C)c2cnc(Nc3ccnc(N4CC[C@@H](O)[C@@](C)(F)C4)n3)cc12. The number of imide groups is 2. The number of anilines is 5. The monoisotopic (exact) mass is 897 g/mol. The topological polar surface area (TPSA) is 207 Å². The number of benzene rings is 2. The summed E-state index contributed by atoms with van der Waals surface area (Å²) in [5.74, 6) is -0.289. The Labute approximate surface area is 372 Å². The van der Waals surface area contributed by atoms with Crippen molar-refractivity contribution in [2.75, 3.05) is 58.1 Å². The molecule has 4 aliphatic rings. The molecule has 4 N–H and O–H groups in total. The number of nitrogens with one attached hydrogen (secondary N) is 3. The van der Waals surface area contributed by atoms with Crippen molar-refractivity contribution < 1.29 is 37.1 Å². The molecule has 4 aliphatic heterocycles. The highest BCUT2D eigenvalue weighted by Gasteiger charge is 2.46. The average molecular weight is 898 g/mol. The summed E-state index contributed by atoms with van der Waals surface area (Å²) in [7, 11) is -3.30. The van der Waals surface area contributed by atoms with Crippen LogP contribution in [0.4, 0.5) is 33.3 Å². The van der Waals surface area contributed by atoms with Crippen molar-refractivity contribution in [3.8, 4) is 0 Å². The van der Waals surface area contributed by atoms with Crippen LogP contribution in [0.2, 0.25) is 0 Å². The number of fused-ring (bicyclic) bond motifs is 2. The number of aromatic nitrogens is 3. The standard InChI is InChI=1S/C46H56FN9O7S/c1-27(2)30-12-13-35(33-23-50-39(22-32(30)33)51-38-16-19-49-45(52-38)54-20-17-37(57)46(4,47)26-54)55-24-29(28(55)3)25-64(62,63)21-8-6-5-7-18-48-34-11-9-10-31-41(34)44(61)56(43(31)60)36-14-15-40(58)53-42(36)59/h9-13,16,19,22-23,27-29,36-37,48,57H,5-8,14-15,17-18,20-21,24-26H2,1-4H3,(H,53,58,59)(H,49,50,51,52)/t28-,29-,36?,37-,46+/m1/s1. The van der Waals surface area contributed by atoms with Gasteiger partial charge >= 0.3 is 0 Å². The molecule has 340 valence electrons. The zero-order valence-corrected chi connectivity index (χ0v) is 37.5. The Morgan fingerprint density at radius 2 is 1.78 bits per heavy atom. The van der Waals surface area contributed by atoms with Gasteiger partial charge in [0.1, 0.15) is 17.7 Å². The molecule has 18 heteroatoms. The molecular weight excluding hydrogens is 842 g/mol. The van der Waals surface area contributed by atoms with Crippen molar-refractivity contribution in [3.63, 3.8) is 0 Å². The molecule has 6 heterocycles. The Morgan fingerprint density at radius 3 is 2.53 bits per heavy atom. The maximum atomic E-state index is 14.9. The van der Waals surface area contributed by atoms with E-state index in [1.165, 1.54) is 6.92 Å². The molecule has 2 aromatic carbocycles. The molecule has 2 aromatic heterocycles. The number of hydrogen-bond acceptors (Lipinski definition) is 14. The number of nitrogens with zero attached hydrogens (tertiary/aromatic N) is 6. The first kappa shape index (κ1) is 44.8. The normalized spacial score (nSPS) is 23.7. The fourth-order valence-electron chi connectivity index (χ4n) is 9.37. The first-order chi connectivity index (χ1) is 30.5. The molecule has 0 saturated carbocycles. The molecule has 64 heavy (non-hydrogen) atoms. The van der Waals surface area contributed by atoms with E-state index in [4.69, 9.17) is 4.98 Å². The number of piperidine rings is 2. The van der Waals surface area contributed by atoms with E-state index in [1.807, 2.05) is 12.3 Å². The van der Waals surface area contributed by atoms with Gasteiger partial charge in [-0.15, -0.1) is 0 Å². The van der Waals surface area contributed by atoms with Crippen LogP contribution in [0.25, 0.3) is 10.8 Å². The summed E-state index contributed by atoms with van der Waals surface area (Å²) < 4.78 is 41.6. The van der Waals surface area contributed by atoms with Crippen LogP contribution >= 0.6 is 0 Å². The highest BCUT2D eigenvalue weighted by Crippen LogP contribution is 2.40. The Balaban J connectivity index is 0.818. The van der Waals surface area contributed by atoms with E-state index in [-0.39, 0.29) is 66.3 Å². The molecule has 0 bridgehead atoms. The van der Waals surface area contributed by atoms with Crippen LogP contribution in [0.5, 0.6) is 0 Å². The molecule has 0 radical (unpaired) electrons. The minimum Gasteiger partial charge on any atom is -0.390 e. The number of amides is 4. The van der Waals surface area contributed by atoms with Crippen LogP contribution < -0.4 is 25.8 Å². The lowest BCUT2D eigenvalue weighted by Gasteiger charge is -2.48. The van der Waals surface area contributed by atoms with Gasteiger partial charge in [-0.05, 0) is 86.7 Å². The first-order valence-electron chi connectivity index (χ1n) is 22.2. The van der Waals surface area contributed by atoms with Gasteiger partial charge in [-0.3, -0.25) is 29.4 Å². The average Bonchev–Trinajstić information content (AvgIpc) is 3.51. The van der Waals surface area contributed by atoms with Crippen molar-refractivity contribution in [2.45, 2.75) is 102 Å². The molecule has 0 spiro atoms. The summed E-state index contributed by atoms with van der Waals surface area (Å²) in [6.45, 7) is 9.29. The minimum absolute atomic E-state index is 0.00554. The lowest BCUT2D eigenvalue weighted by Crippen LogP contribution is -2.57. The Kier molecular flexibility index (Phi) is 12.6. The predicted molar refractivity (Wildman–Crippen MR) is 243 cm³/mol. The number of carbonyl (C=O) groups is 4. The van der Waals surface area contributed by atoms with Crippen LogP contribution in [0.3, 0.4) is 0 Å². The van der Waals surface area contributed by atoms with Crippen LogP contribution in [0.15, 0.2) is 54.9 Å². The lowest BCUT2D eigenvalue weighted by atomic mass is 9.88. The number of rotatable bonds is 16. The number of alkyl halides is 1. The largest absolute Gasteiger partial charge is 0.390 e. The molecule has 3 saturated heterocycles. The van der Waals surface area contributed by atoms with E-state index in [0.717, 1.165) is 46.2 Å². The number of carbonyl (C=O) groups excluding carboxylic acids is 4. The van der Waals surface area contributed by atoms with Crippen molar-refractivity contribution in [1.29, 1.82) is 0 Å². The third-order valence-corrected chi connectivity index (χ3v) is 15.0. The van der Waals surface area contributed by atoms with Gasteiger partial charge in [-0.1, -0.05) is 38.8 Å². The van der Waals surface area contributed by atoms with Crippen molar-refractivity contribution >= 4 is 73.2 Å². The van der Waals surface area contributed by atoms with Crippen molar-refractivity contribution in [1.82, 2.24) is 25.2 Å². The number of pyridine rings is 1. The van der Waals surface area contributed by atoms with E-state index in [9.17, 15) is 37.1 Å². The number of sulfone groups is 1. The van der Waals surface area contributed by atoms with Gasteiger partial charge in [0.2, 0.25) is 17.8 Å². The fourth-order valence-corrected chi connectivity index (χ4v) is 11.2. The Bertz CT molecular complexity index is 2590. The molecular formula is C46H56FN9O7S. The Hall–Kier alpha value is -5.75. The van der Waals surface area contributed by atoms with Gasteiger partial charge in [0.05, 0.1) is 35.3 Å². The smallest absolute Gasteiger partial charge is 0.264 e. The summed E-state index contributed by atoms with van der Waals surface area (Å²) in [6, 6.07) is 11.9. The minimum atomic E-state index is -3.30. The van der Waals surface area contributed by atoms with Gasteiger partial charge in [-0.25, -0.2) is 22.8 Å². The number of hydrogen-bond donors (Lipinski definition) is 4. The highest BCUT2D eigenvalue weighted by atomic mass is 32.2. The highest BCUT2D eigenvalue weighted by molar-refractivity contribution is 7.91. The first-order valence-corrected chi connectivity index (χ1v) is 24.0. The summed E-state index contributed by atoms with van der Waals surface area (Å²) in [5.41, 5.74) is 1.31. The number of unbranched alkanes of at least 4 members (excludes halogenated alkanes) is 3. The van der Waals surface area contributed by atoms with E-state index < -0.39 is 51.3 Å². The molecule has 4 aromatic rings. The summed E-state index contributed by atoms with van der Waals surface area (Å²) in [5, 5.41) is 20.8. The Morgan fingerprint density at radius 1 is 0.984 bits per heavy atom. The number of halogens is 1. The van der Waals surface area contributed by atoms with Crippen LogP contribution in [0, 0.1) is 5.92 Å². The van der Waals surface area contributed by atoms with Gasteiger partial charge < -0.3 is 25.5 Å². The maximum Gasteiger partial charge on any atom is 0.264 e. The zero-order chi connectivity index (χ0) is 45.5. The fraction of sp³-hybridized carbons (Fsp3) is 0.500. The maximum absolute atomic E-state index is 14.9. The van der Waals surface area contributed by atoms with Gasteiger partial charge in [0, 0.05) is 67.2 Å². The number of aliphatic hydroxyl groups is 1. The van der Waals surface area contributed by atoms with Crippen LogP contribution in [0.1, 0.15) is 105 Å². The van der Waals surface area contributed by atoms with Gasteiger partial charge in [-0.2, -0.15) is 4.98 Å². The van der Waals surface area contributed by atoms with Crippen LogP contribution in [-0.4, -0.2) is 119 Å². The second-order valence-electron chi connectivity index (χ2n) is 18.1. The third-order valence-electron chi connectivity index (χ3n) is 13.1. The second-order valence-corrected chi connectivity index (χ2v) is 20.3. The molecule has 1 unspecified atom stereocenters.